The number of hydrogen-bond donors (Lipinski definition) is 1. The van der Waals surface area contributed by atoms with Gasteiger partial charge in [-0.2, -0.15) is 0 Å². The Morgan fingerprint density at radius 2 is 2.11 bits per heavy atom. The number of amides is 1. The number of nitrogens with one attached hydrogen (secondary N) is 1. The average molecular weight is 365 g/mol. The fourth-order valence-corrected chi connectivity index (χ4v) is 2.91. The molecule has 0 fully saturated rings. The number of carbonyl (C=O) groups excluding carboxylic acids is 1. The van der Waals surface area contributed by atoms with Gasteiger partial charge in [0.15, 0.2) is 0 Å². The molecule has 4 aromatic rings. The Kier molecular flexibility index (Phi) is 4.33. The maximum absolute atomic E-state index is 13.3. The second kappa shape index (κ2) is 6.94. The van der Waals surface area contributed by atoms with Crippen LogP contribution in [0.25, 0.3) is 16.7 Å². The van der Waals surface area contributed by atoms with Crippen LogP contribution < -0.4 is 5.32 Å². The van der Waals surface area contributed by atoms with Crippen molar-refractivity contribution in [2.24, 2.45) is 7.05 Å². The maximum Gasteiger partial charge on any atom is 0.251 e. The summed E-state index contributed by atoms with van der Waals surface area (Å²) in [4.78, 5) is 16.8. The minimum absolute atomic E-state index is 0.199. The van der Waals surface area contributed by atoms with Crippen LogP contribution in [-0.4, -0.2) is 42.2 Å². The lowest BCUT2D eigenvalue weighted by atomic mass is 10.2. The number of tetrazole rings is 1. The number of nitrogens with zero attached hydrogens (tertiary/aromatic N) is 6. The summed E-state index contributed by atoms with van der Waals surface area (Å²) in [7, 11) is 1.88. The van der Waals surface area contributed by atoms with E-state index in [2.05, 4.69) is 25.8 Å². The highest BCUT2D eigenvalue weighted by Crippen LogP contribution is 2.16. The van der Waals surface area contributed by atoms with Crippen molar-refractivity contribution < 1.29 is 9.18 Å². The summed E-state index contributed by atoms with van der Waals surface area (Å²) in [5.74, 6) is 0.260. The van der Waals surface area contributed by atoms with Crippen molar-refractivity contribution in [2.75, 3.05) is 6.54 Å². The molecule has 0 aliphatic heterocycles. The smallest absolute Gasteiger partial charge is 0.251 e. The number of carbonyl (C=O) groups is 1. The first-order valence-corrected chi connectivity index (χ1v) is 8.34. The third-order valence-electron chi connectivity index (χ3n) is 4.29. The van der Waals surface area contributed by atoms with E-state index < -0.39 is 0 Å². The first-order chi connectivity index (χ1) is 13.1. The molecule has 0 atom stereocenters. The lowest BCUT2D eigenvalue weighted by Crippen LogP contribution is -2.26. The van der Waals surface area contributed by atoms with E-state index in [1.54, 1.807) is 24.3 Å². The summed E-state index contributed by atoms with van der Waals surface area (Å²) in [6.07, 6.45) is 2.00. The zero-order valence-corrected chi connectivity index (χ0v) is 14.5. The molecule has 2 heterocycles. The van der Waals surface area contributed by atoms with Crippen molar-refractivity contribution in [1.82, 2.24) is 35.1 Å². The Hall–Kier alpha value is -3.62. The molecule has 0 radical (unpaired) electrons. The van der Waals surface area contributed by atoms with E-state index >= 15 is 0 Å². The lowest BCUT2D eigenvalue weighted by Gasteiger charge is -2.07. The van der Waals surface area contributed by atoms with Crippen LogP contribution in [0.4, 0.5) is 4.39 Å². The minimum atomic E-state index is -0.317. The molecule has 0 spiro atoms. The highest BCUT2D eigenvalue weighted by atomic mass is 19.1. The van der Waals surface area contributed by atoms with Gasteiger partial charge in [0.1, 0.15) is 18.0 Å². The molecule has 0 saturated heterocycles. The second-order valence-corrected chi connectivity index (χ2v) is 6.03. The fraction of sp³-hybridized carbons (Fsp3) is 0.167. The first kappa shape index (κ1) is 16.8. The predicted octanol–water partition coefficient (Wildman–Crippen LogP) is 1.66. The number of halogens is 1. The van der Waals surface area contributed by atoms with Crippen molar-refractivity contribution >= 4 is 16.9 Å². The molecule has 1 N–H and O–H groups in total. The molecule has 0 aliphatic carbocycles. The van der Waals surface area contributed by atoms with Gasteiger partial charge in [0, 0.05) is 31.6 Å². The fourth-order valence-electron chi connectivity index (χ4n) is 2.91. The average Bonchev–Trinajstić information content (AvgIpc) is 3.31. The summed E-state index contributed by atoms with van der Waals surface area (Å²) < 4.78 is 16.7. The third-order valence-corrected chi connectivity index (χ3v) is 4.29. The van der Waals surface area contributed by atoms with Gasteiger partial charge in [-0.1, -0.05) is 6.07 Å². The number of imidazole rings is 1. The van der Waals surface area contributed by atoms with Crippen LogP contribution in [-0.2, 0) is 13.5 Å². The van der Waals surface area contributed by atoms with Crippen LogP contribution in [0.5, 0.6) is 0 Å². The molecule has 8 nitrogen and oxygen atoms in total. The molecule has 136 valence electrons. The van der Waals surface area contributed by atoms with Crippen LogP contribution in [0.15, 0.2) is 48.8 Å². The van der Waals surface area contributed by atoms with E-state index in [9.17, 15) is 9.18 Å². The van der Waals surface area contributed by atoms with E-state index in [0.29, 0.717) is 29.7 Å². The van der Waals surface area contributed by atoms with Gasteiger partial charge in [-0.25, -0.2) is 14.1 Å². The lowest BCUT2D eigenvalue weighted by molar-refractivity contribution is 0.0954. The largest absolute Gasteiger partial charge is 0.352 e. The monoisotopic (exact) mass is 365 g/mol. The standard InChI is InChI=1S/C18H16FN7O/c1-25-16-6-5-13(19)10-15(16)22-17(25)7-8-20-18(27)12-3-2-4-14(9-12)26-11-21-23-24-26/h2-6,9-11H,7-8H2,1H3,(H,20,27). The predicted molar refractivity (Wildman–Crippen MR) is 95.9 cm³/mol. The molecule has 2 aromatic heterocycles. The number of aryl methyl sites for hydroxylation is 1. The normalized spacial score (nSPS) is 11.0. The number of benzene rings is 2. The SMILES string of the molecule is Cn1c(CCNC(=O)c2cccc(-n3cnnn3)c2)nc2cc(F)ccc21. The molecule has 27 heavy (non-hydrogen) atoms. The number of rotatable bonds is 5. The summed E-state index contributed by atoms with van der Waals surface area (Å²) in [5, 5.41) is 13.9. The van der Waals surface area contributed by atoms with Gasteiger partial charge in [0.05, 0.1) is 16.7 Å². The zero-order chi connectivity index (χ0) is 18.8. The zero-order valence-electron chi connectivity index (χ0n) is 14.5. The van der Waals surface area contributed by atoms with Crippen LogP contribution in [0.2, 0.25) is 0 Å². The Morgan fingerprint density at radius 3 is 2.93 bits per heavy atom. The quantitative estimate of drug-likeness (QED) is 0.581. The van der Waals surface area contributed by atoms with Crippen LogP contribution in [0, 0.1) is 5.82 Å². The van der Waals surface area contributed by atoms with Crippen molar-refractivity contribution in [3.63, 3.8) is 0 Å². The van der Waals surface area contributed by atoms with Crippen LogP contribution in [0.3, 0.4) is 0 Å². The number of aromatic nitrogens is 6. The number of fused-ring (bicyclic) bond motifs is 1. The molecule has 4 rings (SSSR count). The van der Waals surface area contributed by atoms with Gasteiger partial charge in [-0.05, 0) is 40.8 Å². The van der Waals surface area contributed by atoms with Gasteiger partial charge < -0.3 is 9.88 Å². The topological polar surface area (TPSA) is 90.5 Å². The van der Waals surface area contributed by atoms with Crippen molar-refractivity contribution in [3.05, 3.63) is 66.0 Å². The summed E-state index contributed by atoms with van der Waals surface area (Å²) in [6.45, 7) is 0.410. The summed E-state index contributed by atoms with van der Waals surface area (Å²) >= 11 is 0. The Labute approximate surface area is 153 Å². The van der Waals surface area contributed by atoms with E-state index in [1.807, 2.05) is 17.7 Å². The highest BCUT2D eigenvalue weighted by Gasteiger charge is 2.11. The highest BCUT2D eigenvalue weighted by molar-refractivity contribution is 5.94. The first-order valence-electron chi connectivity index (χ1n) is 8.34. The molecule has 0 unspecified atom stereocenters. The molecule has 0 saturated carbocycles. The van der Waals surface area contributed by atoms with Gasteiger partial charge in [0.25, 0.3) is 5.91 Å². The maximum atomic E-state index is 13.3. The van der Waals surface area contributed by atoms with Gasteiger partial charge >= 0.3 is 0 Å². The van der Waals surface area contributed by atoms with E-state index in [4.69, 9.17) is 0 Å². The molecule has 2 aromatic carbocycles. The van der Waals surface area contributed by atoms with Crippen LogP contribution in [0.1, 0.15) is 16.2 Å². The van der Waals surface area contributed by atoms with Gasteiger partial charge in [-0.15, -0.1) is 5.10 Å². The van der Waals surface area contributed by atoms with Crippen molar-refractivity contribution in [2.45, 2.75) is 6.42 Å². The Balaban J connectivity index is 1.43. The third kappa shape index (κ3) is 3.39. The van der Waals surface area contributed by atoms with Gasteiger partial charge in [0.2, 0.25) is 0 Å². The molecule has 1 amide bonds. The van der Waals surface area contributed by atoms with E-state index in [0.717, 1.165) is 11.3 Å². The molecule has 0 bridgehead atoms. The van der Waals surface area contributed by atoms with Crippen molar-refractivity contribution in [3.8, 4) is 5.69 Å². The molecule has 9 heteroatoms. The number of hydrogen-bond acceptors (Lipinski definition) is 5. The molecular formula is C18H16FN7O. The summed E-state index contributed by atoms with van der Waals surface area (Å²) in [6, 6.07) is 11.5. The van der Waals surface area contributed by atoms with Crippen LogP contribution >= 0.6 is 0 Å². The Bertz CT molecular complexity index is 1100. The Morgan fingerprint density at radius 1 is 1.22 bits per heavy atom. The van der Waals surface area contributed by atoms with E-state index in [1.165, 1.54) is 23.1 Å². The second-order valence-electron chi connectivity index (χ2n) is 6.03. The summed E-state index contributed by atoms with van der Waals surface area (Å²) in [5.41, 5.74) is 2.67. The minimum Gasteiger partial charge on any atom is -0.352 e. The van der Waals surface area contributed by atoms with E-state index in [-0.39, 0.29) is 11.7 Å². The molecular weight excluding hydrogens is 349 g/mol. The van der Waals surface area contributed by atoms with Gasteiger partial charge in [-0.3, -0.25) is 4.79 Å². The molecule has 0 aliphatic rings. The van der Waals surface area contributed by atoms with Crippen molar-refractivity contribution in [1.29, 1.82) is 0 Å².